The van der Waals surface area contributed by atoms with Crippen molar-refractivity contribution in [3.05, 3.63) is 89.6 Å². The molecule has 2 aromatic carbocycles. The molecule has 0 radical (unpaired) electrons. The van der Waals surface area contributed by atoms with Gasteiger partial charge in [0.25, 0.3) is 0 Å². The van der Waals surface area contributed by atoms with Gasteiger partial charge in [0.15, 0.2) is 0 Å². The van der Waals surface area contributed by atoms with Crippen molar-refractivity contribution < 1.29 is 9.90 Å². The Bertz CT molecular complexity index is 1060. The third-order valence-electron chi connectivity index (χ3n) is 5.78. The summed E-state index contributed by atoms with van der Waals surface area (Å²) < 4.78 is 0. The van der Waals surface area contributed by atoms with Crippen LogP contribution in [0.4, 0.5) is 0 Å². The second kappa shape index (κ2) is 8.10. The van der Waals surface area contributed by atoms with Gasteiger partial charge in [0.1, 0.15) is 0 Å². The van der Waals surface area contributed by atoms with Gasteiger partial charge in [-0.2, -0.15) is 0 Å². The highest BCUT2D eigenvalue weighted by Gasteiger charge is 2.35. The minimum Gasteiger partial charge on any atom is -0.478 e. The number of fused-ring (bicyclic) bond motifs is 3. The van der Waals surface area contributed by atoms with E-state index < -0.39 is 5.97 Å². The zero-order chi connectivity index (χ0) is 20.4. The summed E-state index contributed by atoms with van der Waals surface area (Å²) in [6.07, 6.45) is 6.73. The van der Waals surface area contributed by atoms with Crippen molar-refractivity contribution >= 4 is 22.9 Å². The minimum atomic E-state index is -0.937. The second-order valence-corrected chi connectivity index (χ2v) is 7.67. The molecule has 2 N–H and O–H groups in total. The zero-order valence-corrected chi connectivity index (χ0v) is 16.6. The lowest BCUT2D eigenvalue weighted by molar-refractivity contribution is -0.131. The third kappa shape index (κ3) is 3.76. The van der Waals surface area contributed by atoms with Crippen molar-refractivity contribution in [3.8, 4) is 0 Å². The van der Waals surface area contributed by atoms with E-state index in [1.807, 2.05) is 18.2 Å². The van der Waals surface area contributed by atoms with Gasteiger partial charge in [0.2, 0.25) is 0 Å². The molecule has 4 heteroatoms. The number of nitrogens with one attached hydrogen (secondary N) is 1. The standard InChI is InChI=1S/C25H26N2O2/c1-3-4-15-27-17(2)16-21-20-7-5-6-8-22(20)26-24(21)25(27)19-12-9-18(10-13-19)11-14-23(28)29/h3,5-14,17,25-26H,1,4,15-16H2,2H3,(H,28,29)/b14-11+. The molecule has 148 valence electrons. The van der Waals surface area contributed by atoms with Crippen LogP contribution in [0.3, 0.4) is 0 Å². The van der Waals surface area contributed by atoms with E-state index in [9.17, 15) is 4.79 Å². The number of carbonyl (C=O) groups is 1. The van der Waals surface area contributed by atoms with E-state index in [0.29, 0.717) is 6.04 Å². The van der Waals surface area contributed by atoms with Crippen LogP contribution < -0.4 is 0 Å². The molecule has 0 saturated carbocycles. The molecule has 4 nitrogen and oxygen atoms in total. The summed E-state index contributed by atoms with van der Waals surface area (Å²) in [6.45, 7) is 7.15. The maximum Gasteiger partial charge on any atom is 0.328 e. The van der Waals surface area contributed by atoms with E-state index in [1.54, 1.807) is 6.08 Å². The van der Waals surface area contributed by atoms with E-state index in [2.05, 4.69) is 59.8 Å². The maximum atomic E-state index is 10.8. The summed E-state index contributed by atoms with van der Waals surface area (Å²) in [4.78, 5) is 17.0. The monoisotopic (exact) mass is 386 g/mol. The molecular formula is C25H26N2O2. The Morgan fingerprint density at radius 2 is 2.00 bits per heavy atom. The average Bonchev–Trinajstić information content (AvgIpc) is 3.09. The van der Waals surface area contributed by atoms with Crippen LogP contribution in [0.15, 0.2) is 67.3 Å². The molecule has 4 rings (SSSR count). The summed E-state index contributed by atoms with van der Waals surface area (Å²) in [7, 11) is 0. The Hall–Kier alpha value is -3.11. The Morgan fingerprint density at radius 1 is 1.24 bits per heavy atom. The first-order valence-electron chi connectivity index (χ1n) is 10.1. The molecule has 3 aromatic rings. The smallest absolute Gasteiger partial charge is 0.328 e. The lowest BCUT2D eigenvalue weighted by atomic mass is 9.88. The summed E-state index contributed by atoms with van der Waals surface area (Å²) >= 11 is 0. The fourth-order valence-electron chi connectivity index (χ4n) is 4.41. The number of nitrogens with zero attached hydrogens (tertiary/aromatic N) is 1. The largest absolute Gasteiger partial charge is 0.478 e. The SMILES string of the molecule is C=CCCN1C(C)Cc2c([nH]c3ccccc23)C1c1ccc(/C=C/C(=O)O)cc1. The Balaban J connectivity index is 1.79. The molecule has 1 aromatic heterocycles. The number of para-hydroxylation sites is 1. The average molecular weight is 386 g/mol. The van der Waals surface area contributed by atoms with Gasteiger partial charge < -0.3 is 10.1 Å². The lowest BCUT2D eigenvalue weighted by Crippen LogP contribution is -2.43. The van der Waals surface area contributed by atoms with E-state index in [4.69, 9.17) is 5.11 Å². The highest BCUT2D eigenvalue weighted by molar-refractivity contribution is 5.86. The van der Waals surface area contributed by atoms with Crippen molar-refractivity contribution in [2.45, 2.75) is 31.8 Å². The van der Waals surface area contributed by atoms with Gasteiger partial charge in [-0.05, 0) is 48.6 Å². The van der Waals surface area contributed by atoms with Gasteiger partial charge in [-0.25, -0.2) is 4.79 Å². The van der Waals surface area contributed by atoms with Crippen LogP contribution in [-0.4, -0.2) is 33.5 Å². The number of H-pyrrole nitrogens is 1. The van der Waals surface area contributed by atoms with Gasteiger partial charge in [-0.3, -0.25) is 4.90 Å². The lowest BCUT2D eigenvalue weighted by Gasteiger charge is -2.41. The molecule has 0 saturated heterocycles. The number of carboxylic acids is 1. The van der Waals surface area contributed by atoms with Crippen LogP contribution in [0, 0.1) is 0 Å². The summed E-state index contributed by atoms with van der Waals surface area (Å²) in [5, 5.41) is 10.2. The van der Waals surface area contributed by atoms with Gasteiger partial charge in [0, 0.05) is 35.3 Å². The molecular weight excluding hydrogens is 360 g/mol. The van der Waals surface area contributed by atoms with E-state index in [1.165, 1.54) is 33.8 Å². The van der Waals surface area contributed by atoms with Crippen LogP contribution in [-0.2, 0) is 11.2 Å². The fourth-order valence-corrected chi connectivity index (χ4v) is 4.41. The molecule has 2 unspecified atom stereocenters. The summed E-state index contributed by atoms with van der Waals surface area (Å²) in [6, 6.07) is 17.3. The number of aliphatic carboxylic acids is 1. The van der Waals surface area contributed by atoms with Crippen LogP contribution in [0.5, 0.6) is 0 Å². The van der Waals surface area contributed by atoms with E-state index >= 15 is 0 Å². The highest BCUT2D eigenvalue weighted by atomic mass is 16.4. The third-order valence-corrected chi connectivity index (χ3v) is 5.78. The van der Waals surface area contributed by atoms with Crippen LogP contribution >= 0.6 is 0 Å². The predicted octanol–water partition coefficient (Wildman–Crippen LogP) is 5.18. The second-order valence-electron chi connectivity index (χ2n) is 7.67. The topological polar surface area (TPSA) is 56.3 Å². The van der Waals surface area contributed by atoms with Crippen molar-refractivity contribution in [2.24, 2.45) is 0 Å². The number of aromatic nitrogens is 1. The molecule has 0 bridgehead atoms. The maximum absolute atomic E-state index is 10.8. The quantitative estimate of drug-likeness (QED) is 0.453. The highest BCUT2D eigenvalue weighted by Crippen LogP contribution is 2.40. The molecule has 0 aliphatic carbocycles. The van der Waals surface area contributed by atoms with Crippen LogP contribution in [0.25, 0.3) is 17.0 Å². The first-order valence-corrected chi connectivity index (χ1v) is 10.1. The van der Waals surface area contributed by atoms with Gasteiger partial charge in [-0.1, -0.05) is 48.5 Å². The summed E-state index contributed by atoms with van der Waals surface area (Å²) in [5.41, 5.74) is 5.95. The van der Waals surface area contributed by atoms with Crippen molar-refractivity contribution in [2.75, 3.05) is 6.54 Å². The Kier molecular flexibility index (Phi) is 5.36. The van der Waals surface area contributed by atoms with Crippen LogP contribution in [0.1, 0.15) is 41.8 Å². The van der Waals surface area contributed by atoms with Gasteiger partial charge in [-0.15, -0.1) is 6.58 Å². The molecule has 0 spiro atoms. The fraction of sp³-hybridized carbons (Fsp3) is 0.240. The normalized spacial score (nSPS) is 19.5. The minimum absolute atomic E-state index is 0.138. The zero-order valence-electron chi connectivity index (χ0n) is 16.6. The van der Waals surface area contributed by atoms with E-state index in [-0.39, 0.29) is 6.04 Å². The number of carboxylic acid groups (broad SMARTS) is 1. The number of aromatic amines is 1. The number of rotatable bonds is 6. The molecule has 2 heterocycles. The number of hydrogen-bond acceptors (Lipinski definition) is 2. The Morgan fingerprint density at radius 3 is 2.72 bits per heavy atom. The first-order chi connectivity index (χ1) is 14.1. The van der Waals surface area contributed by atoms with Crippen molar-refractivity contribution in [1.29, 1.82) is 0 Å². The predicted molar refractivity (Wildman–Crippen MR) is 118 cm³/mol. The van der Waals surface area contributed by atoms with Gasteiger partial charge in [0.05, 0.1) is 6.04 Å². The first kappa shape index (κ1) is 19.2. The molecule has 2 atom stereocenters. The summed E-state index contributed by atoms with van der Waals surface area (Å²) in [5.74, 6) is -0.937. The molecule has 29 heavy (non-hydrogen) atoms. The van der Waals surface area contributed by atoms with Crippen molar-refractivity contribution in [1.82, 2.24) is 9.88 Å². The molecule has 1 aliphatic rings. The number of hydrogen-bond donors (Lipinski definition) is 2. The van der Waals surface area contributed by atoms with Crippen LogP contribution in [0.2, 0.25) is 0 Å². The number of benzene rings is 2. The van der Waals surface area contributed by atoms with E-state index in [0.717, 1.165) is 24.9 Å². The molecule has 1 aliphatic heterocycles. The van der Waals surface area contributed by atoms with Gasteiger partial charge >= 0.3 is 5.97 Å². The molecule has 0 amide bonds. The van der Waals surface area contributed by atoms with Crippen molar-refractivity contribution in [3.63, 3.8) is 0 Å². The molecule has 0 fully saturated rings. The Labute approximate surface area is 171 Å².